The highest BCUT2D eigenvalue weighted by atomic mass is 32.2. The fraction of sp³-hybridized carbons (Fsp3) is 0.333. The molecule has 0 saturated carbocycles. The lowest BCUT2D eigenvalue weighted by Crippen LogP contribution is -2.43. The Morgan fingerprint density at radius 2 is 1.84 bits per heavy atom. The summed E-state index contributed by atoms with van der Waals surface area (Å²) >= 11 is 1.45. The number of aryl methyl sites for hydroxylation is 2. The van der Waals surface area contributed by atoms with E-state index in [9.17, 15) is 13.2 Å². The number of carbonyl (C=O) groups is 1. The Hall–Kier alpha value is -1.86. The molecule has 0 bridgehead atoms. The molecule has 5 nitrogen and oxygen atoms in total. The topological polar surface area (TPSA) is 67.3 Å². The van der Waals surface area contributed by atoms with Crippen molar-refractivity contribution < 1.29 is 13.2 Å². The average molecular weight is 377 g/mol. The van der Waals surface area contributed by atoms with Crippen LogP contribution in [-0.2, 0) is 9.84 Å². The highest BCUT2D eigenvalue weighted by molar-refractivity contribution is 7.99. The van der Waals surface area contributed by atoms with Gasteiger partial charge in [-0.2, -0.15) is 0 Å². The van der Waals surface area contributed by atoms with E-state index in [1.165, 1.54) is 22.9 Å². The van der Waals surface area contributed by atoms with Crippen LogP contribution in [-0.4, -0.2) is 48.8 Å². The molecule has 1 fully saturated rings. The standard InChI is InChI=1S/C18H20N2O3S2/c1-13-5-6-15(12-14(13)2)24-17-16(4-3-7-19-17)18(21)20-8-10-25(22,23)11-9-20/h3-7,12H,8-11H2,1-2H3. The van der Waals surface area contributed by atoms with Crippen LogP contribution in [0.15, 0.2) is 46.5 Å². The largest absolute Gasteiger partial charge is 0.337 e. The molecule has 7 heteroatoms. The van der Waals surface area contributed by atoms with Gasteiger partial charge in [-0.1, -0.05) is 17.8 Å². The van der Waals surface area contributed by atoms with Crippen LogP contribution in [0, 0.1) is 13.8 Å². The van der Waals surface area contributed by atoms with Crippen molar-refractivity contribution >= 4 is 27.5 Å². The lowest BCUT2D eigenvalue weighted by Gasteiger charge is -2.27. The van der Waals surface area contributed by atoms with Crippen LogP contribution in [0.5, 0.6) is 0 Å². The number of hydrogen-bond donors (Lipinski definition) is 0. The Morgan fingerprint density at radius 3 is 2.52 bits per heavy atom. The zero-order valence-electron chi connectivity index (χ0n) is 14.2. The first-order chi connectivity index (χ1) is 11.9. The quantitative estimate of drug-likeness (QED) is 0.824. The molecule has 1 aliphatic heterocycles. The molecule has 0 radical (unpaired) electrons. The third-order valence-electron chi connectivity index (χ3n) is 4.33. The van der Waals surface area contributed by atoms with Gasteiger partial charge in [0, 0.05) is 24.2 Å². The molecular weight excluding hydrogens is 356 g/mol. The van der Waals surface area contributed by atoms with Crippen LogP contribution in [0.1, 0.15) is 21.5 Å². The second-order valence-electron chi connectivity index (χ2n) is 6.15. The predicted molar refractivity (Wildman–Crippen MR) is 98.8 cm³/mol. The highest BCUT2D eigenvalue weighted by Crippen LogP contribution is 2.30. The lowest BCUT2D eigenvalue weighted by atomic mass is 10.1. The van der Waals surface area contributed by atoms with Gasteiger partial charge in [0.05, 0.1) is 17.1 Å². The fourth-order valence-electron chi connectivity index (χ4n) is 2.61. The van der Waals surface area contributed by atoms with Gasteiger partial charge >= 0.3 is 0 Å². The number of rotatable bonds is 3. The molecule has 25 heavy (non-hydrogen) atoms. The second kappa shape index (κ2) is 7.17. The van der Waals surface area contributed by atoms with E-state index < -0.39 is 9.84 Å². The van der Waals surface area contributed by atoms with Crippen molar-refractivity contribution in [3.8, 4) is 0 Å². The van der Waals surface area contributed by atoms with Gasteiger partial charge in [0.1, 0.15) is 5.03 Å². The zero-order chi connectivity index (χ0) is 18.0. The van der Waals surface area contributed by atoms with Crippen molar-refractivity contribution in [3.63, 3.8) is 0 Å². The normalized spacial score (nSPS) is 16.6. The average Bonchev–Trinajstić information content (AvgIpc) is 2.58. The molecule has 0 unspecified atom stereocenters. The van der Waals surface area contributed by atoms with E-state index in [0.717, 1.165) is 4.90 Å². The third-order valence-corrected chi connectivity index (χ3v) is 6.94. The molecule has 1 aromatic carbocycles. The van der Waals surface area contributed by atoms with E-state index in [1.54, 1.807) is 23.2 Å². The Kier molecular flexibility index (Phi) is 5.15. The first-order valence-corrected chi connectivity index (χ1v) is 10.7. The number of sulfone groups is 1. The minimum atomic E-state index is -3.01. The van der Waals surface area contributed by atoms with Crippen LogP contribution < -0.4 is 0 Å². The third kappa shape index (κ3) is 4.22. The van der Waals surface area contributed by atoms with Crippen molar-refractivity contribution in [1.29, 1.82) is 0 Å². The maximum absolute atomic E-state index is 12.8. The monoisotopic (exact) mass is 376 g/mol. The van der Waals surface area contributed by atoms with Crippen LogP contribution in [0.3, 0.4) is 0 Å². The van der Waals surface area contributed by atoms with Crippen molar-refractivity contribution in [1.82, 2.24) is 9.88 Å². The first-order valence-electron chi connectivity index (χ1n) is 8.05. The summed E-state index contributed by atoms with van der Waals surface area (Å²) in [5, 5.41) is 0.643. The van der Waals surface area contributed by atoms with E-state index in [4.69, 9.17) is 0 Å². The second-order valence-corrected chi connectivity index (χ2v) is 9.51. The molecule has 0 spiro atoms. The number of pyridine rings is 1. The van der Waals surface area contributed by atoms with Gasteiger partial charge in [0.15, 0.2) is 9.84 Å². The summed E-state index contributed by atoms with van der Waals surface area (Å²) in [7, 11) is -3.01. The number of aromatic nitrogens is 1. The summed E-state index contributed by atoms with van der Waals surface area (Å²) in [6.07, 6.45) is 1.67. The van der Waals surface area contributed by atoms with Crippen molar-refractivity contribution in [2.24, 2.45) is 0 Å². The molecular formula is C18H20N2O3S2. The predicted octanol–water partition coefficient (Wildman–Crippen LogP) is 2.72. The van der Waals surface area contributed by atoms with Crippen LogP contribution >= 0.6 is 11.8 Å². The summed E-state index contributed by atoms with van der Waals surface area (Å²) in [5.41, 5.74) is 2.93. The minimum absolute atomic E-state index is 0.0264. The number of amides is 1. The Labute approximate surface area is 152 Å². The number of hydrogen-bond acceptors (Lipinski definition) is 5. The van der Waals surface area contributed by atoms with Gasteiger partial charge in [-0.15, -0.1) is 0 Å². The molecule has 1 aromatic heterocycles. The molecule has 2 heterocycles. The molecule has 1 aliphatic rings. The van der Waals surface area contributed by atoms with Gasteiger partial charge in [-0.05, 0) is 49.2 Å². The van der Waals surface area contributed by atoms with E-state index in [-0.39, 0.29) is 30.5 Å². The SMILES string of the molecule is Cc1ccc(Sc2ncccc2C(=O)N2CCS(=O)(=O)CC2)cc1C. The van der Waals surface area contributed by atoms with Crippen LogP contribution in [0.25, 0.3) is 0 Å². The molecule has 2 aromatic rings. The summed E-state index contributed by atoms with van der Waals surface area (Å²) in [5.74, 6) is -0.105. The first kappa shape index (κ1) is 17.9. The summed E-state index contributed by atoms with van der Waals surface area (Å²) in [4.78, 5) is 19.8. The van der Waals surface area contributed by atoms with Gasteiger partial charge < -0.3 is 4.90 Å². The van der Waals surface area contributed by atoms with Crippen molar-refractivity contribution in [3.05, 3.63) is 53.2 Å². The smallest absolute Gasteiger partial charge is 0.256 e. The van der Waals surface area contributed by atoms with Crippen molar-refractivity contribution in [2.45, 2.75) is 23.8 Å². The van der Waals surface area contributed by atoms with Crippen LogP contribution in [0.2, 0.25) is 0 Å². The van der Waals surface area contributed by atoms with Crippen molar-refractivity contribution in [2.75, 3.05) is 24.6 Å². The Balaban J connectivity index is 1.83. The highest BCUT2D eigenvalue weighted by Gasteiger charge is 2.27. The van der Waals surface area contributed by atoms with E-state index in [0.29, 0.717) is 10.6 Å². The Morgan fingerprint density at radius 1 is 1.12 bits per heavy atom. The van der Waals surface area contributed by atoms with E-state index >= 15 is 0 Å². The maximum Gasteiger partial charge on any atom is 0.256 e. The van der Waals surface area contributed by atoms with Gasteiger partial charge in [-0.25, -0.2) is 13.4 Å². The lowest BCUT2D eigenvalue weighted by molar-refractivity contribution is 0.0766. The maximum atomic E-state index is 12.8. The van der Waals surface area contributed by atoms with Gasteiger partial charge in [-0.3, -0.25) is 4.79 Å². The summed E-state index contributed by atoms with van der Waals surface area (Å²) in [6.45, 7) is 4.59. The molecule has 132 valence electrons. The van der Waals surface area contributed by atoms with Crippen LogP contribution in [0.4, 0.5) is 0 Å². The van der Waals surface area contributed by atoms with Gasteiger partial charge in [0.25, 0.3) is 5.91 Å². The fourth-order valence-corrected chi connectivity index (χ4v) is 4.78. The molecule has 0 atom stereocenters. The molecule has 1 saturated heterocycles. The molecule has 3 rings (SSSR count). The minimum Gasteiger partial charge on any atom is -0.337 e. The Bertz CT molecular complexity index is 896. The van der Waals surface area contributed by atoms with E-state index in [2.05, 4.69) is 31.0 Å². The molecule has 1 amide bonds. The zero-order valence-corrected chi connectivity index (χ0v) is 15.9. The summed E-state index contributed by atoms with van der Waals surface area (Å²) < 4.78 is 23.1. The summed E-state index contributed by atoms with van der Waals surface area (Å²) in [6, 6.07) is 9.64. The number of nitrogens with zero attached hydrogens (tertiary/aromatic N) is 2. The molecule has 0 aliphatic carbocycles. The number of carbonyl (C=O) groups excluding carboxylic acids is 1. The van der Waals surface area contributed by atoms with E-state index in [1.807, 2.05) is 6.07 Å². The molecule has 0 N–H and O–H groups in total. The number of benzene rings is 1. The van der Waals surface area contributed by atoms with Gasteiger partial charge in [0.2, 0.25) is 0 Å².